The molecule has 0 spiro atoms. The van der Waals surface area contributed by atoms with Crippen LogP contribution in [0.5, 0.6) is 5.75 Å². The van der Waals surface area contributed by atoms with Crippen molar-refractivity contribution in [2.75, 3.05) is 26.9 Å². The summed E-state index contributed by atoms with van der Waals surface area (Å²) in [5, 5.41) is 3.78. The lowest BCUT2D eigenvalue weighted by Crippen LogP contribution is -2.25. The van der Waals surface area contributed by atoms with Crippen molar-refractivity contribution in [1.29, 1.82) is 0 Å². The van der Waals surface area contributed by atoms with Gasteiger partial charge in [0.05, 0.1) is 19.5 Å². The Morgan fingerprint density at radius 1 is 1.24 bits per heavy atom. The molecule has 0 aliphatic carbocycles. The molecular formula is C23H24BrNO4. The number of allylic oxidation sites excluding steroid dienone is 1. The molecule has 0 saturated heterocycles. The Bertz CT molecular complexity index is 1020. The van der Waals surface area contributed by atoms with Crippen LogP contribution in [0.15, 0.2) is 57.6 Å². The minimum absolute atomic E-state index is 0.164. The summed E-state index contributed by atoms with van der Waals surface area (Å²) in [4.78, 5) is 12.2. The largest absolute Gasteiger partial charge is 0.493 e. The fraction of sp³-hybridized carbons (Fsp3) is 0.261. The second-order valence-electron chi connectivity index (χ2n) is 6.54. The molecule has 1 heterocycles. The summed E-state index contributed by atoms with van der Waals surface area (Å²) < 4.78 is 17.6. The highest BCUT2D eigenvalue weighted by molar-refractivity contribution is 9.10. The van der Waals surface area contributed by atoms with E-state index < -0.39 is 0 Å². The van der Waals surface area contributed by atoms with Gasteiger partial charge in [-0.3, -0.25) is 4.79 Å². The van der Waals surface area contributed by atoms with E-state index in [1.165, 1.54) is 0 Å². The van der Waals surface area contributed by atoms with E-state index in [-0.39, 0.29) is 5.91 Å². The predicted molar refractivity (Wildman–Crippen MR) is 119 cm³/mol. The first kappa shape index (κ1) is 21.1. The Labute approximate surface area is 178 Å². The Hall–Kier alpha value is -2.57. The van der Waals surface area contributed by atoms with E-state index in [9.17, 15) is 4.79 Å². The van der Waals surface area contributed by atoms with Crippen molar-refractivity contribution < 1.29 is 18.7 Å². The number of carbonyl (C=O) groups excluding carboxylic acids is 1. The summed E-state index contributed by atoms with van der Waals surface area (Å²) in [5.74, 6) is 0.526. The fourth-order valence-electron chi connectivity index (χ4n) is 3.09. The molecule has 0 unspecified atom stereocenters. The lowest BCUT2D eigenvalue weighted by molar-refractivity contribution is -0.116. The number of furan rings is 1. The number of carbonyl (C=O) groups is 1. The average Bonchev–Trinajstić information content (AvgIpc) is 3.11. The van der Waals surface area contributed by atoms with Gasteiger partial charge in [0.15, 0.2) is 0 Å². The summed E-state index contributed by atoms with van der Waals surface area (Å²) in [6, 6.07) is 12.0. The third-order valence-corrected chi connectivity index (χ3v) is 5.04. The van der Waals surface area contributed by atoms with Crippen LogP contribution in [0.2, 0.25) is 0 Å². The van der Waals surface area contributed by atoms with Gasteiger partial charge in [0.25, 0.3) is 0 Å². The van der Waals surface area contributed by atoms with Crippen molar-refractivity contribution in [2.45, 2.75) is 13.8 Å². The maximum atomic E-state index is 12.2. The Morgan fingerprint density at radius 3 is 2.69 bits per heavy atom. The van der Waals surface area contributed by atoms with Gasteiger partial charge in [0, 0.05) is 46.8 Å². The van der Waals surface area contributed by atoms with E-state index in [0.29, 0.717) is 25.5 Å². The molecule has 0 aliphatic rings. The molecule has 0 fully saturated rings. The van der Waals surface area contributed by atoms with Crippen LogP contribution >= 0.6 is 15.9 Å². The van der Waals surface area contributed by atoms with Crippen molar-refractivity contribution in [2.24, 2.45) is 0 Å². The second kappa shape index (κ2) is 9.76. The standard InChI is InChI=1S/C23H24BrNO4/c1-4-28-21-13-22-19(20(14-29-22)16-5-7-17(24)8-6-16)12-18(21)15(2)11-23(26)25-9-10-27-3/h5-8,11-14H,4,9-10H2,1-3H3,(H,25,26)/b15-11+. The van der Waals surface area contributed by atoms with Gasteiger partial charge in [-0.15, -0.1) is 0 Å². The van der Waals surface area contributed by atoms with Crippen LogP contribution in [0.25, 0.3) is 27.7 Å². The van der Waals surface area contributed by atoms with Crippen molar-refractivity contribution in [1.82, 2.24) is 5.32 Å². The first-order valence-corrected chi connectivity index (χ1v) is 10.2. The first-order valence-electron chi connectivity index (χ1n) is 9.43. The molecule has 1 aromatic heterocycles. The summed E-state index contributed by atoms with van der Waals surface area (Å²) in [5.41, 5.74) is 4.47. The van der Waals surface area contributed by atoms with E-state index in [4.69, 9.17) is 13.9 Å². The number of halogens is 1. The van der Waals surface area contributed by atoms with Gasteiger partial charge in [-0.1, -0.05) is 28.1 Å². The number of benzene rings is 2. The van der Waals surface area contributed by atoms with E-state index in [0.717, 1.165) is 37.7 Å². The van der Waals surface area contributed by atoms with Crippen molar-refractivity contribution in [3.05, 3.63) is 58.8 Å². The highest BCUT2D eigenvalue weighted by Gasteiger charge is 2.15. The third kappa shape index (κ3) is 5.08. The molecule has 6 heteroatoms. The molecule has 29 heavy (non-hydrogen) atoms. The van der Waals surface area contributed by atoms with Crippen LogP contribution in [-0.2, 0) is 9.53 Å². The van der Waals surface area contributed by atoms with Gasteiger partial charge in [-0.25, -0.2) is 0 Å². The maximum Gasteiger partial charge on any atom is 0.244 e. The van der Waals surface area contributed by atoms with Crippen molar-refractivity contribution in [3.8, 4) is 16.9 Å². The molecular weight excluding hydrogens is 434 g/mol. The number of hydrogen-bond donors (Lipinski definition) is 1. The maximum absolute atomic E-state index is 12.2. The van der Waals surface area contributed by atoms with E-state index in [2.05, 4.69) is 21.2 Å². The minimum Gasteiger partial charge on any atom is -0.493 e. The van der Waals surface area contributed by atoms with Gasteiger partial charge in [-0.05, 0) is 43.2 Å². The van der Waals surface area contributed by atoms with Crippen LogP contribution in [0.1, 0.15) is 19.4 Å². The summed E-state index contributed by atoms with van der Waals surface area (Å²) in [7, 11) is 1.60. The van der Waals surface area contributed by atoms with Crippen LogP contribution in [0, 0.1) is 0 Å². The average molecular weight is 458 g/mol. The van der Waals surface area contributed by atoms with Crippen molar-refractivity contribution in [3.63, 3.8) is 0 Å². The number of ether oxygens (including phenoxy) is 2. The van der Waals surface area contributed by atoms with Gasteiger partial charge >= 0.3 is 0 Å². The normalized spacial score (nSPS) is 11.7. The molecule has 0 radical (unpaired) electrons. The zero-order chi connectivity index (χ0) is 20.8. The zero-order valence-electron chi connectivity index (χ0n) is 16.8. The number of rotatable bonds is 8. The molecule has 0 bridgehead atoms. The first-order chi connectivity index (χ1) is 14.0. The molecule has 2 aromatic carbocycles. The summed E-state index contributed by atoms with van der Waals surface area (Å²) >= 11 is 3.47. The zero-order valence-corrected chi connectivity index (χ0v) is 18.3. The van der Waals surface area contributed by atoms with Gasteiger partial charge in [0.2, 0.25) is 5.91 Å². The highest BCUT2D eigenvalue weighted by atomic mass is 79.9. The van der Waals surface area contributed by atoms with Crippen LogP contribution < -0.4 is 10.1 Å². The Morgan fingerprint density at radius 2 is 2.00 bits per heavy atom. The third-order valence-electron chi connectivity index (χ3n) is 4.51. The van der Waals surface area contributed by atoms with Crippen LogP contribution in [0.3, 0.4) is 0 Å². The highest BCUT2D eigenvalue weighted by Crippen LogP contribution is 2.37. The molecule has 152 valence electrons. The Balaban J connectivity index is 2.02. The quantitative estimate of drug-likeness (QED) is 0.362. The number of hydrogen-bond acceptors (Lipinski definition) is 4. The van der Waals surface area contributed by atoms with E-state index >= 15 is 0 Å². The van der Waals surface area contributed by atoms with Gasteiger partial charge in [0.1, 0.15) is 11.3 Å². The van der Waals surface area contributed by atoms with Crippen LogP contribution in [0.4, 0.5) is 0 Å². The van der Waals surface area contributed by atoms with Crippen molar-refractivity contribution >= 4 is 38.4 Å². The molecule has 0 saturated carbocycles. The summed E-state index contributed by atoms with van der Waals surface area (Å²) in [6.45, 7) is 5.29. The van der Waals surface area contributed by atoms with E-state index in [1.54, 1.807) is 19.4 Å². The number of methoxy groups -OCH3 is 1. The van der Waals surface area contributed by atoms with E-state index in [1.807, 2.05) is 50.2 Å². The monoisotopic (exact) mass is 457 g/mol. The predicted octanol–water partition coefficient (Wildman–Crippen LogP) is 5.43. The van der Waals surface area contributed by atoms with Gasteiger partial charge < -0.3 is 19.2 Å². The number of fused-ring (bicyclic) bond motifs is 1. The molecule has 1 N–H and O–H groups in total. The second-order valence-corrected chi connectivity index (χ2v) is 7.46. The Kier molecular flexibility index (Phi) is 7.12. The molecule has 5 nitrogen and oxygen atoms in total. The summed E-state index contributed by atoms with van der Waals surface area (Å²) in [6.07, 6.45) is 3.34. The number of nitrogens with one attached hydrogen (secondary N) is 1. The smallest absolute Gasteiger partial charge is 0.244 e. The molecule has 1 amide bonds. The fourth-order valence-corrected chi connectivity index (χ4v) is 3.36. The molecule has 3 rings (SSSR count). The molecule has 3 aromatic rings. The van der Waals surface area contributed by atoms with Crippen LogP contribution in [-0.4, -0.2) is 32.8 Å². The minimum atomic E-state index is -0.164. The molecule has 0 aliphatic heterocycles. The van der Waals surface area contributed by atoms with Gasteiger partial charge in [-0.2, -0.15) is 0 Å². The molecule has 0 atom stereocenters. The SMILES string of the molecule is CCOc1cc2occ(-c3ccc(Br)cc3)c2cc1/C(C)=C/C(=O)NCCOC. The lowest BCUT2D eigenvalue weighted by Gasteiger charge is -2.12. The lowest BCUT2D eigenvalue weighted by atomic mass is 9.99. The topological polar surface area (TPSA) is 60.7 Å². The number of amides is 1.